The molecule has 2 aromatic rings. The Balaban J connectivity index is 1.70. The third kappa shape index (κ3) is 3.97. The van der Waals surface area contributed by atoms with Crippen LogP contribution in [0.15, 0.2) is 59.5 Å². The molecule has 0 spiro atoms. The quantitative estimate of drug-likeness (QED) is 0.754. The zero-order chi connectivity index (χ0) is 18.6. The fourth-order valence-electron chi connectivity index (χ4n) is 3.19. The molecule has 138 valence electrons. The minimum absolute atomic E-state index is 0.207. The molecule has 1 heterocycles. The molecule has 0 amide bonds. The molecule has 0 unspecified atom stereocenters. The highest BCUT2D eigenvalue weighted by Crippen LogP contribution is 2.26. The fraction of sp³-hybridized carbons (Fsp3) is 0.350. The Morgan fingerprint density at radius 2 is 1.58 bits per heavy atom. The van der Waals surface area contributed by atoms with Crippen LogP contribution >= 0.6 is 0 Å². The van der Waals surface area contributed by atoms with Crippen LogP contribution in [0.2, 0.25) is 0 Å². The van der Waals surface area contributed by atoms with Gasteiger partial charge in [0, 0.05) is 13.1 Å². The number of hydrogen-bond donors (Lipinski definition) is 0. The molecule has 3 rings (SSSR count). The molecule has 6 heteroatoms. The van der Waals surface area contributed by atoms with Gasteiger partial charge in [-0.25, -0.2) is 8.42 Å². The first kappa shape index (κ1) is 18.6. The average molecular weight is 373 g/mol. The normalized spacial score (nSPS) is 16.3. The number of carbonyl (C=O) groups is 1. The van der Waals surface area contributed by atoms with Crippen LogP contribution in [0.25, 0.3) is 11.1 Å². The Labute approximate surface area is 154 Å². The van der Waals surface area contributed by atoms with Crippen molar-refractivity contribution in [3.63, 3.8) is 0 Å². The van der Waals surface area contributed by atoms with E-state index in [4.69, 9.17) is 4.74 Å². The van der Waals surface area contributed by atoms with Crippen LogP contribution in [-0.4, -0.2) is 38.4 Å². The van der Waals surface area contributed by atoms with Crippen LogP contribution in [0.3, 0.4) is 0 Å². The molecule has 1 saturated heterocycles. The fourth-order valence-corrected chi connectivity index (χ4v) is 4.66. The predicted molar refractivity (Wildman–Crippen MR) is 100.0 cm³/mol. The maximum atomic E-state index is 12.8. The van der Waals surface area contributed by atoms with Gasteiger partial charge < -0.3 is 4.74 Å². The van der Waals surface area contributed by atoms with Gasteiger partial charge in [0.1, 0.15) is 0 Å². The van der Waals surface area contributed by atoms with Crippen LogP contribution in [0.5, 0.6) is 0 Å². The highest BCUT2D eigenvalue weighted by atomic mass is 32.2. The molecule has 1 fully saturated rings. The van der Waals surface area contributed by atoms with E-state index in [1.54, 1.807) is 19.1 Å². The summed E-state index contributed by atoms with van der Waals surface area (Å²) in [6.45, 7) is 2.81. The van der Waals surface area contributed by atoms with Crippen molar-refractivity contribution in [1.82, 2.24) is 4.31 Å². The minimum Gasteiger partial charge on any atom is -0.466 e. The minimum atomic E-state index is -3.54. The van der Waals surface area contributed by atoms with Crippen molar-refractivity contribution in [2.75, 3.05) is 19.7 Å². The molecule has 1 aliphatic rings. The van der Waals surface area contributed by atoms with Crippen LogP contribution in [-0.2, 0) is 19.6 Å². The van der Waals surface area contributed by atoms with Gasteiger partial charge >= 0.3 is 5.97 Å². The monoisotopic (exact) mass is 373 g/mol. The van der Waals surface area contributed by atoms with Gasteiger partial charge in [0.2, 0.25) is 10.0 Å². The first-order valence-electron chi connectivity index (χ1n) is 8.84. The summed E-state index contributed by atoms with van der Waals surface area (Å²) >= 11 is 0. The molecular formula is C20H23NO4S. The molecule has 5 nitrogen and oxygen atoms in total. The molecule has 0 aliphatic carbocycles. The molecule has 2 aromatic carbocycles. The molecule has 0 radical (unpaired) electrons. The number of rotatable bonds is 5. The van der Waals surface area contributed by atoms with E-state index in [1.807, 2.05) is 42.5 Å². The number of carbonyl (C=O) groups excluding carboxylic acids is 1. The van der Waals surface area contributed by atoms with E-state index in [1.165, 1.54) is 4.31 Å². The summed E-state index contributed by atoms with van der Waals surface area (Å²) in [5, 5.41) is 0. The standard InChI is InChI=1S/C20H23NO4S/c1-2-25-20(22)18-12-14-21(15-13-18)26(23,24)19-10-8-17(9-11-19)16-6-4-3-5-7-16/h3-11,18H,2,12-15H2,1H3. The van der Waals surface area contributed by atoms with E-state index in [-0.39, 0.29) is 16.8 Å². The van der Waals surface area contributed by atoms with E-state index in [2.05, 4.69) is 0 Å². The first-order valence-corrected chi connectivity index (χ1v) is 10.3. The lowest BCUT2D eigenvalue weighted by Crippen LogP contribution is -2.40. The molecule has 0 bridgehead atoms. The van der Waals surface area contributed by atoms with Crippen molar-refractivity contribution >= 4 is 16.0 Å². The molecule has 0 atom stereocenters. The van der Waals surface area contributed by atoms with Crippen LogP contribution < -0.4 is 0 Å². The number of hydrogen-bond acceptors (Lipinski definition) is 4. The number of ether oxygens (including phenoxy) is 1. The van der Waals surface area contributed by atoms with Crippen molar-refractivity contribution in [3.8, 4) is 11.1 Å². The summed E-state index contributed by atoms with van der Waals surface area (Å²) in [4.78, 5) is 12.1. The topological polar surface area (TPSA) is 63.7 Å². The van der Waals surface area contributed by atoms with Crippen molar-refractivity contribution in [2.45, 2.75) is 24.7 Å². The van der Waals surface area contributed by atoms with Gasteiger partial charge in [0.15, 0.2) is 0 Å². The van der Waals surface area contributed by atoms with E-state index in [9.17, 15) is 13.2 Å². The van der Waals surface area contributed by atoms with Crippen molar-refractivity contribution in [3.05, 3.63) is 54.6 Å². The van der Waals surface area contributed by atoms with Gasteiger partial charge in [-0.2, -0.15) is 4.31 Å². The van der Waals surface area contributed by atoms with Crippen molar-refractivity contribution in [1.29, 1.82) is 0 Å². The molecule has 26 heavy (non-hydrogen) atoms. The largest absolute Gasteiger partial charge is 0.466 e. The Bertz CT molecular complexity index is 839. The van der Waals surface area contributed by atoms with Gasteiger partial charge in [0.25, 0.3) is 0 Å². The summed E-state index contributed by atoms with van der Waals surface area (Å²) < 4.78 is 32.2. The number of nitrogens with zero attached hydrogens (tertiary/aromatic N) is 1. The smallest absolute Gasteiger partial charge is 0.309 e. The highest BCUT2D eigenvalue weighted by Gasteiger charge is 2.32. The highest BCUT2D eigenvalue weighted by molar-refractivity contribution is 7.89. The van der Waals surface area contributed by atoms with E-state index in [0.29, 0.717) is 32.5 Å². The molecule has 0 N–H and O–H groups in total. The molecule has 0 aromatic heterocycles. The summed E-state index contributed by atoms with van der Waals surface area (Å²) in [6.07, 6.45) is 1.00. The number of benzene rings is 2. The predicted octanol–water partition coefficient (Wildman–Crippen LogP) is 3.32. The van der Waals surface area contributed by atoms with Gasteiger partial charge in [-0.05, 0) is 43.0 Å². The lowest BCUT2D eigenvalue weighted by atomic mass is 9.98. The summed E-state index contributed by atoms with van der Waals surface area (Å²) in [7, 11) is -3.54. The van der Waals surface area contributed by atoms with Crippen LogP contribution in [0, 0.1) is 5.92 Å². The Morgan fingerprint density at radius 3 is 2.15 bits per heavy atom. The van der Waals surface area contributed by atoms with Crippen LogP contribution in [0.4, 0.5) is 0 Å². The number of piperidine rings is 1. The second kappa shape index (κ2) is 8.01. The van der Waals surface area contributed by atoms with Crippen molar-refractivity contribution < 1.29 is 17.9 Å². The van der Waals surface area contributed by atoms with Crippen LogP contribution in [0.1, 0.15) is 19.8 Å². The molecule has 0 saturated carbocycles. The molecular weight excluding hydrogens is 350 g/mol. The SMILES string of the molecule is CCOC(=O)C1CCN(S(=O)(=O)c2ccc(-c3ccccc3)cc2)CC1. The van der Waals surface area contributed by atoms with Crippen molar-refractivity contribution in [2.24, 2.45) is 5.92 Å². The second-order valence-electron chi connectivity index (χ2n) is 6.32. The third-order valence-corrected chi connectivity index (χ3v) is 6.59. The van der Waals surface area contributed by atoms with Gasteiger partial charge in [-0.1, -0.05) is 42.5 Å². The van der Waals surface area contributed by atoms with E-state index in [0.717, 1.165) is 11.1 Å². The summed E-state index contributed by atoms with van der Waals surface area (Å²) in [5.74, 6) is -0.432. The maximum Gasteiger partial charge on any atom is 0.309 e. The zero-order valence-corrected chi connectivity index (χ0v) is 15.6. The lowest BCUT2D eigenvalue weighted by Gasteiger charge is -2.30. The average Bonchev–Trinajstić information content (AvgIpc) is 2.69. The summed E-state index contributed by atoms with van der Waals surface area (Å²) in [5.41, 5.74) is 2.03. The number of esters is 1. The molecule has 1 aliphatic heterocycles. The van der Waals surface area contributed by atoms with Gasteiger partial charge in [-0.3, -0.25) is 4.79 Å². The Kier molecular flexibility index (Phi) is 5.74. The summed E-state index contributed by atoms with van der Waals surface area (Å²) in [6, 6.07) is 16.8. The Hall–Kier alpha value is -2.18. The maximum absolute atomic E-state index is 12.8. The zero-order valence-electron chi connectivity index (χ0n) is 14.8. The van der Waals surface area contributed by atoms with E-state index < -0.39 is 10.0 Å². The second-order valence-corrected chi connectivity index (χ2v) is 8.26. The lowest BCUT2D eigenvalue weighted by molar-refractivity contribution is -0.149. The number of sulfonamides is 1. The Morgan fingerprint density at radius 1 is 1.00 bits per heavy atom. The van der Waals surface area contributed by atoms with Gasteiger partial charge in [-0.15, -0.1) is 0 Å². The third-order valence-electron chi connectivity index (χ3n) is 4.67. The van der Waals surface area contributed by atoms with E-state index >= 15 is 0 Å². The van der Waals surface area contributed by atoms with Gasteiger partial charge in [0.05, 0.1) is 17.4 Å². The first-order chi connectivity index (χ1) is 12.5.